The van der Waals surface area contributed by atoms with Crippen molar-refractivity contribution in [2.24, 2.45) is 0 Å². The van der Waals surface area contributed by atoms with E-state index in [9.17, 15) is 4.79 Å². The minimum absolute atomic E-state index is 0.124. The molecule has 0 bridgehead atoms. The highest BCUT2D eigenvalue weighted by atomic mass is 16.5. The SMILES string of the molecule is CCCc1cc(C(=O)/C=C/c2cccc(Oc3ccccc3)c2)c(OC)cc1OC. The van der Waals surface area contributed by atoms with Gasteiger partial charge < -0.3 is 14.2 Å². The zero-order chi connectivity index (χ0) is 21.3. The maximum atomic E-state index is 12.9. The molecule has 30 heavy (non-hydrogen) atoms. The molecule has 3 aromatic carbocycles. The number of ether oxygens (including phenoxy) is 3. The van der Waals surface area contributed by atoms with E-state index in [0.717, 1.165) is 35.5 Å². The third-order valence-corrected chi connectivity index (χ3v) is 4.65. The van der Waals surface area contributed by atoms with Crippen molar-refractivity contribution < 1.29 is 19.0 Å². The molecule has 0 radical (unpaired) electrons. The molecule has 4 nitrogen and oxygen atoms in total. The van der Waals surface area contributed by atoms with Crippen molar-refractivity contribution in [3.05, 3.63) is 89.5 Å². The lowest BCUT2D eigenvalue weighted by atomic mass is 10.0. The van der Waals surface area contributed by atoms with E-state index in [1.807, 2.05) is 60.7 Å². The van der Waals surface area contributed by atoms with Crippen LogP contribution in [0.15, 0.2) is 72.8 Å². The topological polar surface area (TPSA) is 44.8 Å². The van der Waals surface area contributed by atoms with E-state index < -0.39 is 0 Å². The Morgan fingerprint density at radius 1 is 0.867 bits per heavy atom. The molecular formula is C26H26O4. The van der Waals surface area contributed by atoms with Gasteiger partial charge in [-0.15, -0.1) is 0 Å². The third-order valence-electron chi connectivity index (χ3n) is 4.65. The van der Waals surface area contributed by atoms with Gasteiger partial charge in [0, 0.05) is 6.07 Å². The Kier molecular flexibility index (Phi) is 7.28. The van der Waals surface area contributed by atoms with Crippen LogP contribution < -0.4 is 14.2 Å². The zero-order valence-electron chi connectivity index (χ0n) is 17.6. The van der Waals surface area contributed by atoms with Gasteiger partial charge >= 0.3 is 0 Å². The standard InChI is InChI=1S/C26H26O4/c1-4-9-20-17-23(26(29-3)18-25(20)28-2)24(27)15-14-19-10-8-13-22(16-19)30-21-11-6-5-7-12-21/h5-8,10-18H,4,9H2,1-3H3/b15-14+. The van der Waals surface area contributed by atoms with Gasteiger partial charge in [-0.2, -0.15) is 0 Å². The van der Waals surface area contributed by atoms with Crippen LogP contribution in [0.25, 0.3) is 6.08 Å². The Balaban J connectivity index is 1.82. The summed E-state index contributed by atoms with van der Waals surface area (Å²) in [6, 6.07) is 20.8. The Bertz CT molecular complexity index is 1020. The molecule has 0 aliphatic rings. The quantitative estimate of drug-likeness (QED) is 0.309. The number of carbonyl (C=O) groups is 1. The van der Waals surface area contributed by atoms with E-state index in [1.165, 1.54) is 0 Å². The van der Waals surface area contributed by atoms with Crippen molar-refractivity contribution in [1.29, 1.82) is 0 Å². The molecule has 0 aromatic heterocycles. The molecule has 0 atom stereocenters. The van der Waals surface area contributed by atoms with Crippen molar-refractivity contribution in [3.63, 3.8) is 0 Å². The van der Waals surface area contributed by atoms with Crippen LogP contribution in [-0.2, 0) is 6.42 Å². The second-order valence-corrected chi connectivity index (χ2v) is 6.80. The summed E-state index contributed by atoms with van der Waals surface area (Å²) >= 11 is 0. The van der Waals surface area contributed by atoms with Crippen molar-refractivity contribution in [3.8, 4) is 23.0 Å². The van der Waals surface area contributed by atoms with Gasteiger partial charge in [0.15, 0.2) is 5.78 Å². The Morgan fingerprint density at radius 3 is 2.30 bits per heavy atom. The molecule has 0 heterocycles. The lowest BCUT2D eigenvalue weighted by Gasteiger charge is -2.13. The fourth-order valence-corrected chi connectivity index (χ4v) is 3.19. The largest absolute Gasteiger partial charge is 0.496 e. The van der Waals surface area contributed by atoms with Crippen LogP contribution in [0.3, 0.4) is 0 Å². The van der Waals surface area contributed by atoms with Gasteiger partial charge in [-0.1, -0.05) is 49.8 Å². The fraction of sp³-hybridized carbons (Fsp3) is 0.192. The summed E-state index contributed by atoms with van der Waals surface area (Å²) < 4.78 is 16.7. The Labute approximate surface area is 177 Å². The molecule has 0 unspecified atom stereocenters. The molecule has 0 aliphatic heterocycles. The van der Waals surface area contributed by atoms with Gasteiger partial charge in [0.25, 0.3) is 0 Å². The second-order valence-electron chi connectivity index (χ2n) is 6.80. The van der Waals surface area contributed by atoms with E-state index in [1.54, 1.807) is 32.4 Å². The van der Waals surface area contributed by atoms with Crippen LogP contribution >= 0.6 is 0 Å². The summed E-state index contributed by atoms with van der Waals surface area (Å²) in [5.74, 6) is 2.59. The highest BCUT2D eigenvalue weighted by molar-refractivity contribution is 6.09. The number of benzene rings is 3. The van der Waals surface area contributed by atoms with Gasteiger partial charge in [0.1, 0.15) is 23.0 Å². The molecule has 0 spiro atoms. The van der Waals surface area contributed by atoms with Gasteiger partial charge in [0.2, 0.25) is 0 Å². The number of methoxy groups -OCH3 is 2. The molecule has 0 saturated heterocycles. The third kappa shape index (κ3) is 5.29. The molecule has 3 rings (SSSR count). The number of allylic oxidation sites excluding steroid dienone is 1. The van der Waals surface area contributed by atoms with Crippen LogP contribution in [-0.4, -0.2) is 20.0 Å². The number of carbonyl (C=O) groups excluding carboxylic acids is 1. The van der Waals surface area contributed by atoms with Gasteiger partial charge in [-0.25, -0.2) is 0 Å². The second kappa shape index (κ2) is 10.3. The minimum atomic E-state index is -0.124. The molecule has 0 amide bonds. The molecule has 0 N–H and O–H groups in total. The summed E-state index contributed by atoms with van der Waals surface area (Å²) in [7, 11) is 3.18. The summed E-state index contributed by atoms with van der Waals surface area (Å²) in [5.41, 5.74) is 2.39. The number of aryl methyl sites for hydroxylation is 1. The van der Waals surface area contributed by atoms with Gasteiger partial charge in [-0.3, -0.25) is 4.79 Å². The van der Waals surface area contributed by atoms with Crippen LogP contribution in [0.1, 0.15) is 34.8 Å². The molecule has 3 aromatic rings. The average molecular weight is 402 g/mol. The first kappa shape index (κ1) is 21.2. The van der Waals surface area contributed by atoms with Gasteiger partial charge in [-0.05, 0) is 54.0 Å². The molecule has 0 saturated carbocycles. The number of para-hydroxylation sites is 1. The van der Waals surface area contributed by atoms with Gasteiger partial charge in [0.05, 0.1) is 19.8 Å². The highest BCUT2D eigenvalue weighted by Gasteiger charge is 2.15. The summed E-state index contributed by atoms with van der Waals surface area (Å²) in [5, 5.41) is 0. The predicted molar refractivity (Wildman–Crippen MR) is 120 cm³/mol. The van der Waals surface area contributed by atoms with Crippen molar-refractivity contribution in [1.82, 2.24) is 0 Å². The van der Waals surface area contributed by atoms with Crippen LogP contribution in [0, 0.1) is 0 Å². The predicted octanol–water partition coefficient (Wildman–Crippen LogP) is 6.34. The molecule has 4 heteroatoms. The zero-order valence-corrected chi connectivity index (χ0v) is 17.6. The number of hydrogen-bond acceptors (Lipinski definition) is 4. The van der Waals surface area contributed by atoms with Crippen LogP contribution in [0.5, 0.6) is 23.0 Å². The Morgan fingerprint density at radius 2 is 1.60 bits per heavy atom. The van der Waals surface area contributed by atoms with Crippen LogP contribution in [0.2, 0.25) is 0 Å². The fourth-order valence-electron chi connectivity index (χ4n) is 3.19. The van der Waals surface area contributed by atoms with Crippen LogP contribution in [0.4, 0.5) is 0 Å². The molecule has 0 aliphatic carbocycles. The first-order valence-electron chi connectivity index (χ1n) is 9.95. The lowest BCUT2D eigenvalue weighted by molar-refractivity contribution is 0.104. The lowest BCUT2D eigenvalue weighted by Crippen LogP contribution is -2.03. The minimum Gasteiger partial charge on any atom is -0.496 e. The number of hydrogen-bond donors (Lipinski definition) is 0. The maximum Gasteiger partial charge on any atom is 0.189 e. The maximum absolute atomic E-state index is 12.9. The van der Waals surface area contributed by atoms with Crippen molar-refractivity contribution in [2.75, 3.05) is 14.2 Å². The summed E-state index contributed by atoms with van der Waals surface area (Å²) in [4.78, 5) is 12.9. The first-order chi connectivity index (χ1) is 14.6. The monoisotopic (exact) mass is 402 g/mol. The van der Waals surface area contributed by atoms with E-state index in [4.69, 9.17) is 14.2 Å². The highest BCUT2D eigenvalue weighted by Crippen LogP contribution is 2.31. The van der Waals surface area contributed by atoms with E-state index in [0.29, 0.717) is 17.1 Å². The van der Waals surface area contributed by atoms with E-state index in [-0.39, 0.29) is 5.78 Å². The summed E-state index contributed by atoms with van der Waals surface area (Å²) in [6.45, 7) is 2.09. The van der Waals surface area contributed by atoms with Crippen molar-refractivity contribution in [2.45, 2.75) is 19.8 Å². The molecular weight excluding hydrogens is 376 g/mol. The van der Waals surface area contributed by atoms with E-state index in [2.05, 4.69) is 6.92 Å². The molecule has 154 valence electrons. The average Bonchev–Trinajstić information content (AvgIpc) is 2.78. The van der Waals surface area contributed by atoms with Crippen molar-refractivity contribution >= 4 is 11.9 Å². The summed E-state index contributed by atoms with van der Waals surface area (Å²) in [6.07, 6.45) is 5.13. The first-order valence-corrected chi connectivity index (χ1v) is 9.95. The molecule has 0 fully saturated rings. The normalized spacial score (nSPS) is 10.8. The Hall–Kier alpha value is -3.53. The number of ketones is 1. The number of rotatable bonds is 9. The van der Waals surface area contributed by atoms with E-state index >= 15 is 0 Å². The smallest absolute Gasteiger partial charge is 0.189 e.